The van der Waals surface area contributed by atoms with Crippen LogP contribution in [0.1, 0.15) is 12.8 Å². The molecule has 1 aliphatic rings. The number of methoxy groups -OCH3 is 1. The zero-order valence-corrected chi connectivity index (χ0v) is 9.72. The average molecular weight is 254 g/mol. The van der Waals surface area contributed by atoms with Gasteiger partial charge in [0.2, 0.25) is 5.91 Å². The predicted octanol–water partition coefficient (Wildman–Crippen LogP) is 0.776. The zero-order valence-electron chi connectivity index (χ0n) is 9.72. The number of ether oxygens (including phenoxy) is 1. The van der Waals surface area contributed by atoms with E-state index in [-0.39, 0.29) is 12.6 Å². The summed E-state index contributed by atoms with van der Waals surface area (Å²) in [7, 11) is 1.30. The van der Waals surface area contributed by atoms with Crippen molar-refractivity contribution in [2.45, 2.75) is 25.1 Å². The standard InChI is InChI=1S/C10H17F3N2O2/c1-17-6-9(16)15(7-10(11,12)13)8-2-4-14-5-3-8/h8,14H,2-7H2,1H3. The van der Waals surface area contributed by atoms with E-state index in [1.54, 1.807) is 0 Å². The molecule has 1 aliphatic heterocycles. The van der Waals surface area contributed by atoms with Gasteiger partial charge in [-0.3, -0.25) is 4.79 Å². The van der Waals surface area contributed by atoms with Gasteiger partial charge in [0.15, 0.2) is 0 Å². The van der Waals surface area contributed by atoms with Gasteiger partial charge in [-0.1, -0.05) is 0 Å². The van der Waals surface area contributed by atoms with E-state index in [0.717, 1.165) is 4.90 Å². The maximum Gasteiger partial charge on any atom is 0.406 e. The first kappa shape index (κ1) is 14.2. The molecule has 0 aromatic heterocycles. The molecule has 7 heteroatoms. The minimum atomic E-state index is -4.37. The third kappa shape index (κ3) is 4.91. The zero-order chi connectivity index (χ0) is 12.9. The minimum Gasteiger partial charge on any atom is -0.375 e. The maximum absolute atomic E-state index is 12.4. The molecule has 0 unspecified atom stereocenters. The molecule has 1 rings (SSSR count). The number of rotatable bonds is 4. The smallest absolute Gasteiger partial charge is 0.375 e. The van der Waals surface area contributed by atoms with Crippen molar-refractivity contribution in [1.82, 2.24) is 10.2 Å². The maximum atomic E-state index is 12.4. The van der Waals surface area contributed by atoms with Crippen LogP contribution < -0.4 is 5.32 Å². The number of hydrogen-bond acceptors (Lipinski definition) is 3. The van der Waals surface area contributed by atoms with Gasteiger partial charge >= 0.3 is 6.18 Å². The van der Waals surface area contributed by atoms with E-state index >= 15 is 0 Å². The quantitative estimate of drug-likeness (QED) is 0.806. The van der Waals surface area contributed by atoms with Crippen LogP contribution in [-0.2, 0) is 9.53 Å². The van der Waals surface area contributed by atoms with Crippen LogP contribution in [0.4, 0.5) is 13.2 Å². The number of carbonyl (C=O) groups is 1. The Labute approximate surface area is 98.1 Å². The van der Waals surface area contributed by atoms with Crippen molar-refractivity contribution in [3.05, 3.63) is 0 Å². The number of hydrogen-bond donors (Lipinski definition) is 1. The molecule has 0 saturated carbocycles. The second-order valence-electron chi connectivity index (χ2n) is 4.05. The first-order chi connectivity index (χ1) is 7.94. The lowest BCUT2D eigenvalue weighted by Gasteiger charge is -2.35. The Hall–Kier alpha value is -0.820. The lowest BCUT2D eigenvalue weighted by molar-refractivity contribution is -0.168. The summed E-state index contributed by atoms with van der Waals surface area (Å²) in [6.07, 6.45) is -3.27. The van der Waals surface area contributed by atoms with Gasteiger partial charge in [0.05, 0.1) is 0 Å². The Bertz CT molecular complexity index is 252. The van der Waals surface area contributed by atoms with Crippen LogP contribution in [0.5, 0.6) is 0 Å². The van der Waals surface area contributed by atoms with E-state index in [1.165, 1.54) is 7.11 Å². The minimum absolute atomic E-state index is 0.306. The molecule has 0 spiro atoms. The van der Waals surface area contributed by atoms with Crippen LogP contribution in [-0.4, -0.2) is 56.4 Å². The Morgan fingerprint density at radius 1 is 1.41 bits per heavy atom. The fourth-order valence-electron chi connectivity index (χ4n) is 1.94. The van der Waals surface area contributed by atoms with Gasteiger partial charge in [-0.05, 0) is 25.9 Å². The number of amides is 1. The van der Waals surface area contributed by atoms with Gasteiger partial charge in [0.1, 0.15) is 13.2 Å². The second-order valence-corrected chi connectivity index (χ2v) is 4.05. The second kappa shape index (κ2) is 6.20. The molecule has 0 aromatic rings. The van der Waals surface area contributed by atoms with E-state index in [1.807, 2.05) is 0 Å². The van der Waals surface area contributed by atoms with Gasteiger partial charge in [-0.2, -0.15) is 13.2 Å². The van der Waals surface area contributed by atoms with Crippen LogP contribution in [0.15, 0.2) is 0 Å². The van der Waals surface area contributed by atoms with Crippen molar-refractivity contribution in [3.8, 4) is 0 Å². The van der Waals surface area contributed by atoms with Gasteiger partial charge < -0.3 is 15.0 Å². The predicted molar refractivity (Wildman–Crippen MR) is 55.5 cm³/mol. The molecule has 17 heavy (non-hydrogen) atoms. The summed E-state index contributed by atoms with van der Waals surface area (Å²) in [5, 5.41) is 3.05. The first-order valence-corrected chi connectivity index (χ1v) is 5.50. The molecule has 100 valence electrons. The van der Waals surface area contributed by atoms with Crippen LogP contribution in [0.3, 0.4) is 0 Å². The molecule has 0 bridgehead atoms. The van der Waals surface area contributed by atoms with Crippen molar-refractivity contribution in [2.75, 3.05) is 33.4 Å². The third-order valence-corrected chi connectivity index (χ3v) is 2.69. The number of piperidine rings is 1. The molecule has 1 amide bonds. The fraction of sp³-hybridized carbons (Fsp3) is 0.900. The highest BCUT2D eigenvalue weighted by Gasteiger charge is 2.36. The molecule has 0 radical (unpaired) electrons. The lowest BCUT2D eigenvalue weighted by atomic mass is 10.0. The first-order valence-electron chi connectivity index (χ1n) is 5.50. The van der Waals surface area contributed by atoms with Crippen molar-refractivity contribution in [3.63, 3.8) is 0 Å². The summed E-state index contributed by atoms with van der Waals surface area (Å²) in [6.45, 7) is -0.224. The van der Waals surface area contributed by atoms with Crippen LogP contribution in [0.2, 0.25) is 0 Å². The van der Waals surface area contributed by atoms with Crippen LogP contribution >= 0.6 is 0 Å². The Morgan fingerprint density at radius 3 is 2.47 bits per heavy atom. The van der Waals surface area contributed by atoms with E-state index in [0.29, 0.717) is 25.9 Å². The van der Waals surface area contributed by atoms with Crippen molar-refractivity contribution in [2.24, 2.45) is 0 Å². The Kier molecular flexibility index (Phi) is 5.20. The van der Waals surface area contributed by atoms with Gasteiger partial charge in [-0.25, -0.2) is 0 Å². The number of carbonyl (C=O) groups excluding carboxylic acids is 1. The van der Waals surface area contributed by atoms with Crippen LogP contribution in [0.25, 0.3) is 0 Å². The highest BCUT2D eigenvalue weighted by Crippen LogP contribution is 2.21. The Morgan fingerprint density at radius 2 is 2.00 bits per heavy atom. The van der Waals surface area contributed by atoms with E-state index in [4.69, 9.17) is 0 Å². The Balaban J connectivity index is 2.66. The lowest BCUT2D eigenvalue weighted by Crippen LogP contribution is -2.50. The summed E-state index contributed by atoms with van der Waals surface area (Å²) in [5.41, 5.74) is 0. The number of halogens is 3. The van der Waals surface area contributed by atoms with Gasteiger partial charge in [0.25, 0.3) is 0 Å². The SMILES string of the molecule is COCC(=O)N(CC(F)(F)F)C1CCNCC1. The molecule has 1 fully saturated rings. The topological polar surface area (TPSA) is 41.6 Å². The fourth-order valence-corrected chi connectivity index (χ4v) is 1.94. The molecule has 1 heterocycles. The van der Waals surface area contributed by atoms with Crippen molar-refractivity contribution >= 4 is 5.91 Å². The molecule has 0 aromatic carbocycles. The van der Waals surface area contributed by atoms with Crippen molar-refractivity contribution < 1.29 is 22.7 Å². The number of nitrogens with zero attached hydrogens (tertiary/aromatic N) is 1. The normalized spacial score (nSPS) is 18.1. The van der Waals surface area contributed by atoms with E-state index in [9.17, 15) is 18.0 Å². The third-order valence-electron chi connectivity index (χ3n) is 2.69. The highest BCUT2D eigenvalue weighted by molar-refractivity contribution is 5.77. The average Bonchev–Trinajstić information content (AvgIpc) is 2.26. The molecular formula is C10H17F3N2O2. The summed E-state index contributed by atoms with van der Waals surface area (Å²) < 4.78 is 41.8. The highest BCUT2D eigenvalue weighted by atomic mass is 19.4. The van der Waals surface area contributed by atoms with E-state index < -0.39 is 18.6 Å². The number of nitrogens with one attached hydrogen (secondary N) is 1. The summed E-state index contributed by atoms with van der Waals surface area (Å²) >= 11 is 0. The molecule has 0 atom stereocenters. The molecule has 1 N–H and O–H groups in total. The molecular weight excluding hydrogens is 237 g/mol. The van der Waals surface area contributed by atoms with Crippen LogP contribution in [0, 0.1) is 0 Å². The summed E-state index contributed by atoms with van der Waals surface area (Å²) in [4.78, 5) is 12.5. The summed E-state index contributed by atoms with van der Waals surface area (Å²) in [5.74, 6) is -0.600. The van der Waals surface area contributed by atoms with E-state index in [2.05, 4.69) is 10.1 Å². The van der Waals surface area contributed by atoms with Gasteiger partial charge in [0, 0.05) is 13.2 Å². The monoisotopic (exact) mass is 254 g/mol. The number of alkyl halides is 3. The largest absolute Gasteiger partial charge is 0.406 e. The van der Waals surface area contributed by atoms with Crippen molar-refractivity contribution in [1.29, 1.82) is 0 Å². The van der Waals surface area contributed by atoms with Gasteiger partial charge in [-0.15, -0.1) is 0 Å². The summed E-state index contributed by atoms with van der Waals surface area (Å²) in [6, 6.07) is -0.347. The molecule has 4 nitrogen and oxygen atoms in total. The molecule has 0 aliphatic carbocycles. The molecule has 1 saturated heterocycles.